The summed E-state index contributed by atoms with van der Waals surface area (Å²) in [5.74, 6) is 0.441. The summed E-state index contributed by atoms with van der Waals surface area (Å²) in [6.07, 6.45) is 12.1. The van der Waals surface area contributed by atoms with E-state index in [0.29, 0.717) is 12.0 Å². The van der Waals surface area contributed by atoms with Gasteiger partial charge in [-0.1, -0.05) is 25.0 Å². The van der Waals surface area contributed by atoms with E-state index in [2.05, 4.69) is 12.2 Å². The van der Waals surface area contributed by atoms with Gasteiger partial charge in [0.2, 0.25) is 17.7 Å². The average Bonchev–Trinajstić information content (AvgIpc) is 3.31. The second kappa shape index (κ2) is 5.68. The van der Waals surface area contributed by atoms with Gasteiger partial charge < -0.3 is 4.90 Å². The van der Waals surface area contributed by atoms with E-state index in [1.54, 1.807) is 0 Å². The third-order valence-electron chi connectivity index (χ3n) is 7.42. The molecule has 2 aliphatic heterocycles. The van der Waals surface area contributed by atoms with Crippen molar-refractivity contribution in [2.75, 3.05) is 13.1 Å². The van der Waals surface area contributed by atoms with Crippen LogP contribution >= 0.6 is 0 Å². The highest BCUT2D eigenvalue weighted by atomic mass is 16.2. The summed E-state index contributed by atoms with van der Waals surface area (Å²) in [6.45, 7) is 0.753. The maximum absolute atomic E-state index is 13.0. The number of nitrogens with zero attached hydrogens (tertiary/aromatic N) is 2. The molecule has 0 aromatic carbocycles. The molecule has 0 radical (unpaired) electrons. The number of rotatable bonds is 2. The van der Waals surface area contributed by atoms with Crippen LogP contribution in [0.4, 0.5) is 0 Å². The molecule has 3 aliphatic carbocycles. The molecule has 5 rings (SSSR count). The molecular weight excluding hydrogens is 316 g/mol. The van der Waals surface area contributed by atoms with Crippen molar-refractivity contribution in [1.82, 2.24) is 9.80 Å². The zero-order valence-corrected chi connectivity index (χ0v) is 14.6. The lowest BCUT2D eigenvalue weighted by atomic mass is 9.78. The third-order valence-corrected chi connectivity index (χ3v) is 7.42. The number of carbonyl (C=O) groups is 3. The fourth-order valence-corrected chi connectivity index (χ4v) is 6.28. The fraction of sp³-hybridized carbons (Fsp3) is 0.750. The second-order valence-corrected chi connectivity index (χ2v) is 8.60. The van der Waals surface area contributed by atoms with Crippen LogP contribution in [-0.4, -0.2) is 46.7 Å². The monoisotopic (exact) mass is 342 g/mol. The number of amides is 3. The van der Waals surface area contributed by atoms with Crippen molar-refractivity contribution in [1.29, 1.82) is 0 Å². The molecule has 5 nitrogen and oxygen atoms in total. The van der Waals surface area contributed by atoms with E-state index in [0.717, 1.165) is 25.8 Å². The van der Waals surface area contributed by atoms with E-state index >= 15 is 0 Å². The first-order valence-corrected chi connectivity index (χ1v) is 9.98. The van der Waals surface area contributed by atoms with E-state index < -0.39 is 0 Å². The van der Waals surface area contributed by atoms with Gasteiger partial charge in [0.05, 0.1) is 11.8 Å². The van der Waals surface area contributed by atoms with Gasteiger partial charge in [-0.05, 0) is 49.9 Å². The minimum absolute atomic E-state index is 0.0152. The van der Waals surface area contributed by atoms with Crippen molar-refractivity contribution in [2.45, 2.75) is 51.0 Å². The molecule has 2 bridgehead atoms. The Morgan fingerprint density at radius 1 is 0.960 bits per heavy atom. The molecule has 3 amide bonds. The zero-order valence-electron chi connectivity index (χ0n) is 14.6. The molecule has 134 valence electrons. The average molecular weight is 342 g/mol. The lowest BCUT2D eigenvalue weighted by molar-refractivity contribution is -0.149. The van der Waals surface area contributed by atoms with Gasteiger partial charge in [-0.25, -0.2) is 0 Å². The van der Waals surface area contributed by atoms with Crippen LogP contribution in [0.5, 0.6) is 0 Å². The topological polar surface area (TPSA) is 57.7 Å². The molecule has 4 fully saturated rings. The van der Waals surface area contributed by atoms with Crippen LogP contribution in [0.25, 0.3) is 0 Å². The number of carbonyl (C=O) groups excluding carboxylic acids is 3. The number of hydrogen-bond donors (Lipinski definition) is 0. The van der Waals surface area contributed by atoms with Gasteiger partial charge in [0.1, 0.15) is 6.54 Å². The fourth-order valence-electron chi connectivity index (χ4n) is 6.28. The Hall–Kier alpha value is -1.65. The summed E-state index contributed by atoms with van der Waals surface area (Å²) in [5.41, 5.74) is 0. The SMILES string of the molecule is O=C1C2C3C=CC(C3)C2C(=O)N1CC(=O)N1CCCC2CCCCC21. The van der Waals surface area contributed by atoms with E-state index in [9.17, 15) is 14.4 Å². The Balaban J connectivity index is 1.31. The Kier molecular flexibility index (Phi) is 3.54. The van der Waals surface area contributed by atoms with Gasteiger partial charge in [-0.2, -0.15) is 0 Å². The van der Waals surface area contributed by atoms with Crippen LogP contribution in [-0.2, 0) is 14.4 Å². The van der Waals surface area contributed by atoms with E-state index in [-0.39, 0.29) is 47.9 Å². The molecule has 0 aromatic heterocycles. The molecular formula is C20H26N2O3. The van der Waals surface area contributed by atoms with Crippen molar-refractivity contribution < 1.29 is 14.4 Å². The van der Waals surface area contributed by atoms with E-state index in [1.807, 2.05) is 4.90 Å². The summed E-state index contributed by atoms with van der Waals surface area (Å²) in [6, 6.07) is 0.333. The van der Waals surface area contributed by atoms with Gasteiger partial charge in [0.15, 0.2) is 0 Å². The quantitative estimate of drug-likeness (QED) is 0.569. The molecule has 2 saturated heterocycles. The Morgan fingerprint density at radius 3 is 2.32 bits per heavy atom. The van der Waals surface area contributed by atoms with Crippen LogP contribution in [0.15, 0.2) is 12.2 Å². The highest BCUT2D eigenvalue weighted by Crippen LogP contribution is 2.52. The zero-order chi connectivity index (χ0) is 17.1. The molecule has 25 heavy (non-hydrogen) atoms. The molecule has 0 N–H and O–H groups in total. The predicted molar refractivity (Wildman–Crippen MR) is 91.1 cm³/mol. The minimum atomic E-state index is -0.195. The third kappa shape index (κ3) is 2.24. The maximum atomic E-state index is 13.0. The number of hydrogen-bond acceptors (Lipinski definition) is 3. The van der Waals surface area contributed by atoms with Gasteiger partial charge in [-0.15, -0.1) is 0 Å². The van der Waals surface area contributed by atoms with E-state index in [1.165, 1.54) is 30.6 Å². The maximum Gasteiger partial charge on any atom is 0.243 e. The highest BCUT2D eigenvalue weighted by molar-refractivity contribution is 6.08. The first kappa shape index (κ1) is 15.6. The number of imide groups is 1. The highest BCUT2D eigenvalue weighted by Gasteiger charge is 2.59. The van der Waals surface area contributed by atoms with Crippen molar-refractivity contribution in [3.63, 3.8) is 0 Å². The largest absolute Gasteiger partial charge is 0.338 e. The Morgan fingerprint density at radius 2 is 1.60 bits per heavy atom. The summed E-state index contributed by atoms with van der Waals surface area (Å²) in [5, 5.41) is 0. The number of allylic oxidation sites excluding steroid dienone is 2. The second-order valence-electron chi connectivity index (χ2n) is 8.60. The van der Waals surface area contributed by atoms with Crippen LogP contribution in [0.3, 0.4) is 0 Å². The lowest BCUT2D eigenvalue weighted by Gasteiger charge is -2.44. The van der Waals surface area contributed by atoms with Gasteiger partial charge >= 0.3 is 0 Å². The van der Waals surface area contributed by atoms with Crippen molar-refractivity contribution in [3.8, 4) is 0 Å². The normalized spacial score (nSPS) is 42.1. The van der Waals surface area contributed by atoms with Crippen molar-refractivity contribution in [2.24, 2.45) is 29.6 Å². The van der Waals surface area contributed by atoms with Crippen molar-refractivity contribution in [3.05, 3.63) is 12.2 Å². The van der Waals surface area contributed by atoms with Crippen LogP contribution in [0, 0.1) is 29.6 Å². The first-order valence-electron chi connectivity index (χ1n) is 9.98. The molecule has 0 aromatic rings. The molecule has 6 atom stereocenters. The predicted octanol–water partition coefficient (Wildman–Crippen LogP) is 1.97. The van der Waals surface area contributed by atoms with Crippen molar-refractivity contribution >= 4 is 17.7 Å². The summed E-state index contributed by atoms with van der Waals surface area (Å²) >= 11 is 0. The molecule has 2 heterocycles. The number of likely N-dealkylation sites (tertiary alicyclic amines) is 2. The molecule has 0 spiro atoms. The van der Waals surface area contributed by atoms with Crippen LogP contribution < -0.4 is 0 Å². The van der Waals surface area contributed by atoms with Gasteiger partial charge in [0, 0.05) is 12.6 Å². The lowest BCUT2D eigenvalue weighted by Crippen LogP contribution is -2.53. The minimum Gasteiger partial charge on any atom is -0.338 e. The number of fused-ring (bicyclic) bond motifs is 6. The Labute approximate surface area is 148 Å². The van der Waals surface area contributed by atoms with Gasteiger partial charge in [0.25, 0.3) is 0 Å². The molecule has 5 heteroatoms. The smallest absolute Gasteiger partial charge is 0.243 e. The van der Waals surface area contributed by atoms with Crippen LogP contribution in [0.2, 0.25) is 0 Å². The summed E-state index contributed by atoms with van der Waals surface area (Å²) < 4.78 is 0. The Bertz CT molecular complexity index is 625. The summed E-state index contributed by atoms with van der Waals surface area (Å²) in [7, 11) is 0. The molecule has 6 unspecified atom stereocenters. The standard InChI is InChI=1S/C20H26N2O3/c23-16(21-9-3-5-12-4-1-2-6-15(12)21)11-22-19(24)17-13-7-8-14(10-13)18(17)20(22)25/h7-8,12-15,17-18H,1-6,9-11H2. The summed E-state index contributed by atoms with van der Waals surface area (Å²) in [4.78, 5) is 41.8. The van der Waals surface area contributed by atoms with Gasteiger partial charge in [-0.3, -0.25) is 19.3 Å². The van der Waals surface area contributed by atoms with Crippen LogP contribution in [0.1, 0.15) is 44.9 Å². The molecule has 5 aliphatic rings. The first-order chi connectivity index (χ1) is 12.1. The van der Waals surface area contributed by atoms with E-state index in [4.69, 9.17) is 0 Å². The molecule has 2 saturated carbocycles. The number of piperidine rings is 1.